The molecule has 0 atom stereocenters. The van der Waals surface area contributed by atoms with Crippen molar-refractivity contribution in [3.05, 3.63) is 28.2 Å². The first-order valence-electron chi connectivity index (χ1n) is 3.53. The Morgan fingerprint density at radius 2 is 1.86 bits per heavy atom. The van der Waals surface area contributed by atoms with E-state index in [4.69, 9.17) is 23.2 Å². The summed E-state index contributed by atoms with van der Waals surface area (Å²) < 4.78 is 39.8. The molecule has 1 aromatic carbocycles. The minimum absolute atomic E-state index is 0.0727. The van der Waals surface area contributed by atoms with Gasteiger partial charge >= 0.3 is 6.18 Å². The average molecular weight is 245 g/mol. The van der Waals surface area contributed by atoms with Crippen LogP contribution in [0, 0.1) is 0 Å². The van der Waals surface area contributed by atoms with Gasteiger partial charge in [-0.25, -0.2) is 0 Å². The van der Waals surface area contributed by atoms with E-state index in [0.29, 0.717) is 0 Å². The predicted molar refractivity (Wildman–Crippen MR) is 48.0 cm³/mol. The summed E-state index contributed by atoms with van der Waals surface area (Å²) in [5, 5.41) is 0.366. The third kappa shape index (κ3) is 3.64. The lowest BCUT2D eigenvalue weighted by atomic mass is 10.3. The van der Waals surface area contributed by atoms with Crippen molar-refractivity contribution in [2.75, 3.05) is 6.61 Å². The minimum Gasteiger partial charge on any atom is -0.483 e. The Hall–Kier alpha value is -0.610. The van der Waals surface area contributed by atoms with Gasteiger partial charge < -0.3 is 4.74 Å². The molecule has 0 N–H and O–H groups in total. The second-order valence-electron chi connectivity index (χ2n) is 2.48. The average Bonchev–Trinajstić information content (AvgIpc) is 2.05. The van der Waals surface area contributed by atoms with Crippen LogP contribution in [0.4, 0.5) is 13.2 Å². The summed E-state index contributed by atoms with van der Waals surface area (Å²) in [6.45, 7) is -1.38. The van der Waals surface area contributed by atoms with E-state index < -0.39 is 12.8 Å². The van der Waals surface area contributed by atoms with Crippen LogP contribution in [0.5, 0.6) is 5.75 Å². The zero-order chi connectivity index (χ0) is 10.8. The van der Waals surface area contributed by atoms with E-state index in [1.54, 1.807) is 0 Å². The fourth-order valence-corrected chi connectivity index (χ4v) is 1.08. The number of ether oxygens (including phenoxy) is 1. The van der Waals surface area contributed by atoms with E-state index in [-0.39, 0.29) is 15.8 Å². The molecule has 1 aromatic rings. The molecule has 0 saturated heterocycles. The smallest absolute Gasteiger partial charge is 0.422 e. The summed E-state index contributed by atoms with van der Waals surface area (Å²) in [6.07, 6.45) is -4.38. The summed E-state index contributed by atoms with van der Waals surface area (Å²) in [5.41, 5.74) is 0. The number of halogens is 5. The topological polar surface area (TPSA) is 9.23 Å². The number of benzene rings is 1. The highest BCUT2D eigenvalue weighted by Gasteiger charge is 2.28. The van der Waals surface area contributed by atoms with Gasteiger partial charge in [0.05, 0.1) is 5.02 Å². The highest BCUT2D eigenvalue weighted by Crippen LogP contribution is 2.29. The van der Waals surface area contributed by atoms with E-state index in [1.165, 1.54) is 18.2 Å². The standard InChI is InChI=1S/C8H5Cl2F3O/c9-5-1-2-6(10)7(3-5)14-4-8(11,12)13/h1-3H,4H2. The first-order valence-corrected chi connectivity index (χ1v) is 4.29. The van der Waals surface area contributed by atoms with Crippen LogP contribution in [0.25, 0.3) is 0 Å². The Morgan fingerprint density at radius 1 is 1.21 bits per heavy atom. The van der Waals surface area contributed by atoms with Crippen LogP contribution in [0.15, 0.2) is 18.2 Å². The molecule has 0 aliphatic heterocycles. The van der Waals surface area contributed by atoms with E-state index in [2.05, 4.69) is 4.74 Å². The van der Waals surface area contributed by atoms with Gasteiger partial charge in [-0.1, -0.05) is 23.2 Å². The highest BCUT2D eigenvalue weighted by molar-refractivity contribution is 6.34. The number of hydrogen-bond acceptors (Lipinski definition) is 1. The van der Waals surface area contributed by atoms with Crippen LogP contribution in [0.3, 0.4) is 0 Å². The van der Waals surface area contributed by atoms with E-state index >= 15 is 0 Å². The molecule has 14 heavy (non-hydrogen) atoms. The number of alkyl halides is 3. The number of hydrogen-bond donors (Lipinski definition) is 0. The van der Waals surface area contributed by atoms with Gasteiger partial charge in [0.15, 0.2) is 6.61 Å². The molecule has 0 radical (unpaired) electrons. The maximum absolute atomic E-state index is 11.8. The maximum atomic E-state index is 11.8. The van der Waals surface area contributed by atoms with Crippen LogP contribution >= 0.6 is 23.2 Å². The van der Waals surface area contributed by atoms with Crippen LogP contribution in [0.2, 0.25) is 10.0 Å². The highest BCUT2D eigenvalue weighted by atomic mass is 35.5. The lowest BCUT2D eigenvalue weighted by molar-refractivity contribution is -0.153. The van der Waals surface area contributed by atoms with Crippen molar-refractivity contribution >= 4 is 23.2 Å². The molecule has 0 bridgehead atoms. The normalized spacial score (nSPS) is 11.5. The largest absolute Gasteiger partial charge is 0.483 e. The van der Waals surface area contributed by atoms with Crippen LogP contribution in [-0.4, -0.2) is 12.8 Å². The van der Waals surface area contributed by atoms with Crippen molar-refractivity contribution in [2.24, 2.45) is 0 Å². The molecule has 1 nitrogen and oxygen atoms in total. The lowest BCUT2D eigenvalue weighted by Crippen LogP contribution is -2.19. The van der Waals surface area contributed by atoms with Gasteiger partial charge in [0.2, 0.25) is 0 Å². The molecule has 0 aliphatic carbocycles. The molecule has 0 amide bonds. The Morgan fingerprint density at radius 3 is 2.43 bits per heavy atom. The SMILES string of the molecule is FC(F)(F)COc1cc(Cl)ccc1Cl. The molecule has 78 valence electrons. The molecule has 6 heteroatoms. The van der Waals surface area contributed by atoms with Gasteiger partial charge in [0.25, 0.3) is 0 Å². The molecular formula is C8H5Cl2F3O. The zero-order valence-electron chi connectivity index (χ0n) is 6.74. The van der Waals surface area contributed by atoms with E-state index in [0.717, 1.165) is 0 Å². The third-order valence-corrected chi connectivity index (χ3v) is 1.83. The second-order valence-corrected chi connectivity index (χ2v) is 3.32. The van der Waals surface area contributed by atoms with Crippen LogP contribution in [-0.2, 0) is 0 Å². The number of rotatable bonds is 2. The Labute approximate surface area is 88.4 Å². The second kappa shape index (κ2) is 4.28. The molecule has 0 saturated carbocycles. The van der Waals surface area contributed by atoms with Gasteiger partial charge in [-0.15, -0.1) is 0 Å². The quantitative estimate of drug-likeness (QED) is 0.766. The predicted octanol–water partition coefficient (Wildman–Crippen LogP) is 3.93. The zero-order valence-corrected chi connectivity index (χ0v) is 8.25. The maximum Gasteiger partial charge on any atom is 0.422 e. The fraction of sp³-hybridized carbons (Fsp3) is 0.250. The van der Waals surface area contributed by atoms with Crippen molar-refractivity contribution in [1.82, 2.24) is 0 Å². The molecular weight excluding hydrogens is 240 g/mol. The minimum atomic E-state index is -4.38. The Balaban J connectivity index is 2.72. The van der Waals surface area contributed by atoms with E-state index in [9.17, 15) is 13.2 Å². The summed E-state index contributed by atoms with van der Waals surface area (Å²) in [7, 11) is 0. The summed E-state index contributed by atoms with van der Waals surface area (Å²) in [6, 6.07) is 4.07. The monoisotopic (exact) mass is 244 g/mol. The van der Waals surface area contributed by atoms with Crippen molar-refractivity contribution < 1.29 is 17.9 Å². The summed E-state index contributed by atoms with van der Waals surface area (Å²) in [5.74, 6) is -0.0727. The third-order valence-electron chi connectivity index (χ3n) is 1.28. The first kappa shape index (κ1) is 11.5. The summed E-state index contributed by atoms with van der Waals surface area (Å²) in [4.78, 5) is 0. The van der Waals surface area contributed by atoms with Gasteiger partial charge in [-0.05, 0) is 12.1 Å². The van der Waals surface area contributed by atoms with E-state index in [1.807, 2.05) is 0 Å². The van der Waals surface area contributed by atoms with Gasteiger partial charge in [-0.3, -0.25) is 0 Å². The van der Waals surface area contributed by atoms with Crippen molar-refractivity contribution in [2.45, 2.75) is 6.18 Å². The van der Waals surface area contributed by atoms with Crippen LogP contribution < -0.4 is 4.74 Å². The molecule has 0 aromatic heterocycles. The van der Waals surface area contributed by atoms with Crippen LogP contribution in [0.1, 0.15) is 0 Å². The molecule has 0 unspecified atom stereocenters. The molecule has 0 heterocycles. The Kier molecular flexibility index (Phi) is 3.50. The first-order chi connectivity index (χ1) is 6.38. The molecule has 1 rings (SSSR count). The van der Waals surface area contributed by atoms with Gasteiger partial charge in [0.1, 0.15) is 5.75 Å². The van der Waals surface area contributed by atoms with Crippen molar-refractivity contribution in [1.29, 1.82) is 0 Å². The van der Waals surface area contributed by atoms with Crippen molar-refractivity contribution in [3.63, 3.8) is 0 Å². The fourth-order valence-electron chi connectivity index (χ4n) is 0.747. The lowest BCUT2D eigenvalue weighted by Gasteiger charge is -2.10. The molecule has 0 spiro atoms. The van der Waals surface area contributed by atoms with Gasteiger partial charge in [0, 0.05) is 11.1 Å². The molecule has 0 aliphatic rings. The molecule has 0 fully saturated rings. The summed E-state index contributed by atoms with van der Waals surface area (Å²) >= 11 is 11.1. The Bertz CT molecular complexity index is 325. The van der Waals surface area contributed by atoms with Crippen molar-refractivity contribution in [3.8, 4) is 5.75 Å². The van der Waals surface area contributed by atoms with Gasteiger partial charge in [-0.2, -0.15) is 13.2 Å².